The molecule has 0 radical (unpaired) electrons. The van der Waals surface area contributed by atoms with Gasteiger partial charge in [0, 0.05) is 5.69 Å². The quantitative estimate of drug-likeness (QED) is 0.552. The van der Waals surface area contributed by atoms with Gasteiger partial charge >= 0.3 is 0 Å². The van der Waals surface area contributed by atoms with Gasteiger partial charge in [-0.1, -0.05) is 48.5 Å². The largest absolute Gasteiger partial charge is 0.358 e. The van der Waals surface area contributed by atoms with Gasteiger partial charge in [0.25, 0.3) is 0 Å². The normalized spacial score (nSPS) is 34.1. The van der Waals surface area contributed by atoms with Crippen molar-refractivity contribution in [2.75, 3.05) is 44.6 Å². The standard InChI is InChI=1S/C22H26N4S/c27-21(23-19-9-5-2-6-10-19)24-20-17-13-25-11-12-26(14-17)16-22(20,15-25)18-7-3-1-4-8-18/h1-10,17,20H,11-16H2,(H2,23,24,27)/p+2/t17?,20-,22?/m1/s1. The van der Waals surface area contributed by atoms with Crippen LogP contribution in [-0.4, -0.2) is 50.4 Å². The maximum atomic E-state index is 5.73. The fraction of sp³-hybridized carbons (Fsp3) is 0.409. The van der Waals surface area contributed by atoms with Crippen LogP contribution in [0.4, 0.5) is 5.69 Å². The number of hydrogen-bond donors (Lipinski definition) is 4. The Kier molecular flexibility index (Phi) is 4.38. The van der Waals surface area contributed by atoms with E-state index in [2.05, 4.69) is 53.1 Å². The van der Waals surface area contributed by atoms with Gasteiger partial charge in [-0.3, -0.25) is 0 Å². The van der Waals surface area contributed by atoms with Crippen molar-refractivity contribution in [3.05, 3.63) is 66.2 Å². The molecule has 4 heterocycles. The molecule has 4 fully saturated rings. The van der Waals surface area contributed by atoms with E-state index in [0.29, 0.717) is 12.0 Å². The van der Waals surface area contributed by atoms with Gasteiger partial charge in [-0.05, 0) is 29.9 Å². The smallest absolute Gasteiger partial charge is 0.171 e. The monoisotopic (exact) mass is 380 g/mol. The molecule has 0 spiro atoms. The molecule has 140 valence electrons. The Hall–Kier alpha value is -1.95. The third kappa shape index (κ3) is 3.14. The van der Waals surface area contributed by atoms with Gasteiger partial charge in [-0.2, -0.15) is 0 Å². The topological polar surface area (TPSA) is 32.9 Å². The molecule has 3 atom stereocenters. The van der Waals surface area contributed by atoms with Crippen LogP contribution >= 0.6 is 12.2 Å². The van der Waals surface area contributed by atoms with Gasteiger partial charge in [0.15, 0.2) is 5.11 Å². The summed E-state index contributed by atoms with van der Waals surface area (Å²) in [5.41, 5.74) is 2.69. The van der Waals surface area contributed by atoms with E-state index in [1.165, 1.54) is 44.8 Å². The number of piperidine rings is 2. The first kappa shape index (κ1) is 17.2. The van der Waals surface area contributed by atoms with E-state index in [-0.39, 0.29) is 5.41 Å². The molecule has 0 aliphatic carbocycles. The fourth-order valence-corrected chi connectivity index (χ4v) is 6.04. The number of quaternary nitrogens is 2. The summed E-state index contributed by atoms with van der Waals surface area (Å²) >= 11 is 5.73. The molecule has 0 saturated carbocycles. The Bertz CT molecular complexity index is 794. The maximum absolute atomic E-state index is 5.73. The van der Waals surface area contributed by atoms with Crippen LogP contribution in [0.1, 0.15) is 5.56 Å². The number of rotatable bonds is 3. The second-order valence-electron chi connectivity index (χ2n) is 8.49. The molecule has 4 bridgehead atoms. The number of nitrogens with one attached hydrogen (secondary N) is 4. The summed E-state index contributed by atoms with van der Waals surface area (Å²) < 4.78 is 0. The first-order chi connectivity index (χ1) is 13.2. The third-order valence-corrected chi connectivity index (χ3v) is 7.02. The van der Waals surface area contributed by atoms with Gasteiger partial charge < -0.3 is 20.4 Å². The fourth-order valence-electron chi connectivity index (χ4n) is 5.79. The van der Waals surface area contributed by atoms with Crippen molar-refractivity contribution in [1.29, 1.82) is 0 Å². The Morgan fingerprint density at radius 1 is 0.889 bits per heavy atom. The minimum absolute atomic E-state index is 0.159. The predicted octanol–water partition coefficient (Wildman–Crippen LogP) is -0.294. The van der Waals surface area contributed by atoms with Crippen LogP contribution in [-0.2, 0) is 5.41 Å². The van der Waals surface area contributed by atoms with Gasteiger partial charge in [-0.15, -0.1) is 0 Å². The van der Waals surface area contributed by atoms with Crippen molar-refractivity contribution < 1.29 is 9.80 Å². The molecule has 6 rings (SSSR count). The van der Waals surface area contributed by atoms with E-state index < -0.39 is 0 Å². The molecule has 4 nitrogen and oxygen atoms in total. The third-order valence-electron chi connectivity index (χ3n) is 6.80. The molecule has 27 heavy (non-hydrogen) atoms. The van der Waals surface area contributed by atoms with Gasteiger partial charge in [-0.25, -0.2) is 0 Å². The average Bonchev–Trinajstić information content (AvgIpc) is 2.94. The Labute approximate surface area is 166 Å². The molecular weight excluding hydrogens is 352 g/mol. The molecule has 2 aromatic rings. The van der Waals surface area contributed by atoms with E-state index in [4.69, 9.17) is 12.2 Å². The lowest BCUT2D eigenvalue weighted by molar-refractivity contribution is -0.918. The van der Waals surface area contributed by atoms with E-state index in [1.807, 2.05) is 18.2 Å². The second-order valence-corrected chi connectivity index (χ2v) is 8.89. The molecule has 2 unspecified atom stereocenters. The lowest BCUT2D eigenvalue weighted by Crippen LogP contribution is -3.18. The number of thiocarbonyl (C=S) groups is 1. The lowest BCUT2D eigenvalue weighted by Gasteiger charge is -2.51. The van der Waals surface area contributed by atoms with Gasteiger partial charge in [0.2, 0.25) is 0 Å². The Morgan fingerprint density at radius 3 is 2.11 bits per heavy atom. The summed E-state index contributed by atoms with van der Waals surface area (Å²) in [4.78, 5) is 3.55. The lowest BCUT2D eigenvalue weighted by atomic mass is 9.64. The Morgan fingerprint density at radius 2 is 1.48 bits per heavy atom. The first-order valence-electron chi connectivity index (χ1n) is 10.1. The first-order valence-corrected chi connectivity index (χ1v) is 10.5. The van der Waals surface area contributed by atoms with Crippen molar-refractivity contribution >= 4 is 23.0 Å². The molecule has 4 aliphatic heterocycles. The van der Waals surface area contributed by atoms with E-state index in [9.17, 15) is 0 Å². The van der Waals surface area contributed by atoms with Crippen LogP contribution < -0.4 is 20.4 Å². The van der Waals surface area contributed by atoms with Crippen LogP contribution in [0.2, 0.25) is 0 Å². The van der Waals surface area contributed by atoms with Crippen molar-refractivity contribution in [1.82, 2.24) is 5.32 Å². The number of hydrogen-bond acceptors (Lipinski definition) is 1. The van der Waals surface area contributed by atoms with Crippen molar-refractivity contribution in [3.8, 4) is 0 Å². The molecule has 4 aliphatic rings. The average molecular weight is 381 g/mol. The van der Waals surface area contributed by atoms with Crippen molar-refractivity contribution in [2.24, 2.45) is 5.92 Å². The number of anilines is 1. The summed E-state index contributed by atoms with van der Waals surface area (Å²) in [6.07, 6.45) is 0. The van der Waals surface area contributed by atoms with Crippen molar-refractivity contribution in [2.45, 2.75) is 11.5 Å². The maximum Gasteiger partial charge on any atom is 0.171 e. The van der Waals surface area contributed by atoms with Crippen LogP contribution in [0, 0.1) is 5.92 Å². The number of benzene rings is 2. The zero-order valence-corrected chi connectivity index (χ0v) is 16.4. The summed E-state index contributed by atoms with van der Waals surface area (Å²) in [5, 5.41) is 7.92. The Balaban J connectivity index is 1.45. The number of fused-ring (bicyclic) bond motifs is 1. The minimum atomic E-state index is 0.159. The van der Waals surface area contributed by atoms with E-state index >= 15 is 0 Å². The van der Waals surface area contributed by atoms with Crippen LogP contribution in [0.3, 0.4) is 0 Å². The number of para-hydroxylation sites is 1. The summed E-state index contributed by atoms with van der Waals surface area (Å²) in [6, 6.07) is 21.8. The molecular formula is C22H28N4S+2. The summed E-state index contributed by atoms with van der Waals surface area (Å²) in [7, 11) is 0. The van der Waals surface area contributed by atoms with Gasteiger partial charge in [0.1, 0.15) is 18.5 Å². The molecule has 0 aromatic heterocycles. The van der Waals surface area contributed by atoms with Crippen LogP contribution in [0.15, 0.2) is 60.7 Å². The van der Waals surface area contributed by atoms with Crippen LogP contribution in [0.5, 0.6) is 0 Å². The minimum Gasteiger partial charge on any atom is -0.358 e. The zero-order chi connectivity index (χ0) is 18.3. The van der Waals surface area contributed by atoms with Gasteiger partial charge in [0.05, 0.1) is 38.1 Å². The summed E-state index contributed by atoms with van der Waals surface area (Å²) in [5.74, 6) is 0.663. The predicted molar refractivity (Wildman–Crippen MR) is 112 cm³/mol. The molecule has 4 N–H and O–H groups in total. The highest BCUT2D eigenvalue weighted by Gasteiger charge is 2.60. The summed E-state index contributed by atoms with van der Waals surface area (Å²) in [6.45, 7) is 7.57. The second kappa shape index (κ2) is 6.89. The molecule has 4 saturated heterocycles. The van der Waals surface area contributed by atoms with E-state index in [1.54, 1.807) is 9.80 Å². The van der Waals surface area contributed by atoms with E-state index in [0.717, 1.165) is 10.8 Å². The molecule has 0 amide bonds. The zero-order valence-electron chi connectivity index (χ0n) is 15.6. The van der Waals surface area contributed by atoms with Crippen LogP contribution in [0.25, 0.3) is 0 Å². The molecule has 2 aromatic carbocycles. The van der Waals surface area contributed by atoms with Crippen molar-refractivity contribution in [3.63, 3.8) is 0 Å². The highest BCUT2D eigenvalue weighted by Crippen LogP contribution is 2.34. The highest BCUT2D eigenvalue weighted by atomic mass is 32.1. The highest BCUT2D eigenvalue weighted by molar-refractivity contribution is 7.80. The SMILES string of the molecule is S=C(Nc1ccccc1)N[C@@H]1C2C[NH+]3CC[NH+](C2)CC1(c1ccccc1)C3. The molecule has 5 heteroatoms.